The zero-order chi connectivity index (χ0) is 19.5. The number of nitrogens with one attached hydrogen (secondary N) is 2. The number of benzene rings is 2. The number of aromatic nitrogens is 3. The van der Waals surface area contributed by atoms with Gasteiger partial charge in [0, 0.05) is 43.0 Å². The van der Waals surface area contributed by atoms with Crippen LogP contribution in [-0.2, 0) is 13.0 Å². The maximum Gasteiger partial charge on any atom is 0.253 e. The second-order valence-electron chi connectivity index (χ2n) is 7.07. The Kier molecular flexibility index (Phi) is 4.98. The van der Waals surface area contributed by atoms with Crippen molar-refractivity contribution in [2.24, 2.45) is 0 Å². The highest BCUT2D eigenvalue weighted by atomic mass is 16.1. The van der Waals surface area contributed by atoms with Crippen molar-refractivity contribution in [3.8, 4) is 0 Å². The molecule has 2 N–H and O–H groups in total. The summed E-state index contributed by atoms with van der Waals surface area (Å²) in [6.07, 6.45) is 4.48. The van der Waals surface area contributed by atoms with Gasteiger partial charge in [0.05, 0.1) is 11.1 Å². The Labute approximate surface area is 164 Å². The van der Waals surface area contributed by atoms with E-state index < -0.39 is 0 Å². The van der Waals surface area contributed by atoms with Gasteiger partial charge in [-0.1, -0.05) is 42.5 Å². The van der Waals surface area contributed by atoms with Crippen LogP contribution < -0.4 is 5.32 Å². The van der Waals surface area contributed by atoms with Gasteiger partial charge in [0.25, 0.3) is 5.91 Å². The molecule has 0 spiro atoms. The van der Waals surface area contributed by atoms with E-state index in [0.717, 1.165) is 29.0 Å². The Bertz CT molecular complexity index is 1110. The van der Waals surface area contributed by atoms with E-state index in [1.165, 1.54) is 11.1 Å². The van der Waals surface area contributed by atoms with E-state index in [1.807, 2.05) is 55.7 Å². The molecule has 2 aromatic carbocycles. The first-order chi connectivity index (χ1) is 13.6. The Morgan fingerprint density at radius 2 is 1.93 bits per heavy atom. The predicted octanol–water partition coefficient (Wildman–Crippen LogP) is 4.00. The van der Waals surface area contributed by atoms with Crippen LogP contribution >= 0.6 is 0 Å². The molecule has 0 radical (unpaired) electrons. The van der Waals surface area contributed by atoms with Gasteiger partial charge in [-0.3, -0.25) is 4.79 Å². The number of H-pyrrole nitrogens is 1. The molecule has 0 fully saturated rings. The van der Waals surface area contributed by atoms with E-state index in [-0.39, 0.29) is 5.91 Å². The summed E-state index contributed by atoms with van der Waals surface area (Å²) in [5.74, 6) is 0.905. The molecule has 0 aliphatic heterocycles. The lowest BCUT2D eigenvalue weighted by Crippen LogP contribution is -2.26. The van der Waals surface area contributed by atoms with Gasteiger partial charge < -0.3 is 14.9 Å². The summed E-state index contributed by atoms with van der Waals surface area (Å²) in [7, 11) is 0. The van der Waals surface area contributed by atoms with E-state index >= 15 is 0 Å². The second kappa shape index (κ2) is 7.72. The normalized spacial score (nSPS) is 11.1. The van der Waals surface area contributed by atoms with Gasteiger partial charge in [0.1, 0.15) is 5.82 Å². The fraction of sp³-hybridized carbons (Fsp3) is 0.217. The van der Waals surface area contributed by atoms with Crippen molar-refractivity contribution in [3.05, 3.63) is 89.1 Å². The molecule has 4 rings (SSSR count). The zero-order valence-electron chi connectivity index (χ0n) is 16.2. The van der Waals surface area contributed by atoms with Gasteiger partial charge in [-0.15, -0.1) is 0 Å². The lowest BCUT2D eigenvalue weighted by molar-refractivity contribution is 0.0955. The summed E-state index contributed by atoms with van der Waals surface area (Å²) < 4.78 is 2.12. The van der Waals surface area contributed by atoms with Crippen LogP contribution in [0.5, 0.6) is 0 Å². The van der Waals surface area contributed by atoms with E-state index in [1.54, 1.807) is 0 Å². The minimum atomic E-state index is -0.0620. The third-order valence-electron chi connectivity index (χ3n) is 5.22. The van der Waals surface area contributed by atoms with Gasteiger partial charge in [-0.05, 0) is 31.0 Å². The number of carbonyl (C=O) groups excluding carboxylic acids is 1. The van der Waals surface area contributed by atoms with Gasteiger partial charge >= 0.3 is 0 Å². The summed E-state index contributed by atoms with van der Waals surface area (Å²) in [4.78, 5) is 20.5. The van der Waals surface area contributed by atoms with Crippen molar-refractivity contribution in [2.45, 2.75) is 26.8 Å². The smallest absolute Gasteiger partial charge is 0.253 e. The molecule has 0 aliphatic rings. The topological polar surface area (TPSA) is 62.7 Å². The predicted molar refractivity (Wildman–Crippen MR) is 112 cm³/mol. The molecular weight excluding hydrogens is 348 g/mol. The fourth-order valence-electron chi connectivity index (χ4n) is 3.55. The number of carbonyl (C=O) groups is 1. The SMILES string of the molecule is Cc1[nH]c2c(C(=O)NCCc3nccn3Cc3ccccc3)cccc2c1C. The maximum absolute atomic E-state index is 12.7. The van der Waals surface area contributed by atoms with Gasteiger partial charge in [0.2, 0.25) is 0 Å². The number of hydrogen-bond acceptors (Lipinski definition) is 2. The standard InChI is InChI=1S/C23H24N4O/c1-16-17(2)26-22-19(16)9-6-10-20(22)23(28)25-12-11-21-24-13-14-27(21)15-18-7-4-3-5-8-18/h3-10,13-14,26H,11-12,15H2,1-2H3,(H,25,28). The minimum Gasteiger partial charge on any atom is -0.358 e. The van der Waals surface area contributed by atoms with Crippen molar-refractivity contribution >= 4 is 16.8 Å². The summed E-state index contributed by atoms with van der Waals surface area (Å²) in [5.41, 5.74) is 5.10. The Morgan fingerprint density at radius 3 is 2.75 bits per heavy atom. The third kappa shape index (κ3) is 3.56. The molecule has 0 saturated carbocycles. The third-order valence-corrected chi connectivity index (χ3v) is 5.22. The molecular formula is C23H24N4O. The first-order valence-corrected chi connectivity index (χ1v) is 9.53. The van der Waals surface area contributed by atoms with Crippen molar-refractivity contribution in [3.63, 3.8) is 0 Å². The van der Waals surface area contributed by atoms with E-state index in [0.29, 0.717) is 18.5 Å². The van der Waals surface area contributed by atoms with Crippen molar-refractivity contribution in [2.75, 3.05) is 6.54 Å². The lowest BCUT2D eigenvalue weighted by Gasteiger charge is -2.09. The van der Waals surface area contributed by atoms with Crippen molar-refractivity contribution < 1.29 is 4.79 Å². The van der Waals surface area contributed by atoms with Crippen LogP contribution in [0.1, 0.15) is 33.0 Å². The number of hydrogen-bond donors (Lipinski definition) is 2. The number of aryl methyl sites for hydroxylation is 2. The molecule has 0 atom stereocenters. The van der Waals surface area contributed by atoms with Gasteiger partial charge in [-0.2, -0.15) is 0 Å². The van der Waals surface area contributed by atoms with E-state index in [4.69, 9.17) is 0 Å². The Hall–Kier alpha value is -3.34. The summed E-state index contributed by atoms with van der Waals surface area (Å²) in [5, 5.41) is 4.14. The monoisotopic (exact) mass is 372 g/mol. The molecule has 28 heavy (non-hydrogen) atoms. The van der Waals surface area contributed by atoms with Crippen molar-refractivity contribution in [1.82, 2.24) is 19.9 Å². The number of para-hydroxylation sites is 1. The number of amides is 1. The quantitative estimate of drug-likeness (QED) is 0.537. The van der Waals surface area contributed by atoms with E-state index in [2.05, 4.69) is 38.9 Å². The molecule has 0 aliphatic carbocycles. The van der Waals surface area contributed by atoms with Crippen LogP contribution in [0.15, 0.2) is 60.9 Å². The molecule has 2 aromatic heterocycles. The number of nitrogens with zero attached hydrogens (tertiary/aromatic N) is 2. The van der Waals surface area contributed by atoms with Crippen LogP contribution in [0.4, 0.5) is 0 Å². The van der Waals surface area contributed by atoms with Gasteiger partial charge in [-0.25, -0.2) is 4.98 Å². The number of imidazole rings is 1. The van der Waals surface area contributed by atoms with Gasteiger partial charge in [0.15, 0.2) is 0 Å². The number of aromatic amines is 1. The molecule has 5 heteroatoms. The largest absolute Gasteiger partial charge is 0.358 e. The van der Waals surface area contributed by atoms with Crippen LogP contribution in [0.25, 0.3) is 10.9 Å². The van der Waals surface area contributed by atoms with Crippen LogP contribution in [0.2, 0.25) is 0 Å². The summed E-state index contributed by atoms with van der Waals surface area (Å²) >= 11 is 0. The first kappa shape index (κ1) is 18.0. The minimum absolute atomic E-state index is 0.0620. The van der Waals surface area contributed by atoms with Crippen molar-refractivity contribution in [1.29, 1.82) is 0 Å². The average Bonchev–Trinajstić information content (AvgIpc) is 3.26. The van der Waals surface area contributed by atoms with Crippen LogP contribution in [-0.4, -0.2) is 27.0 Å². The molecule has 4 aromatic rings. The second-order valence-corrected chi connectivity index (χ2v) is 7.07. The highest BCUT2D eigenvalue weighted by Gasteiger charge is 2.14. The zero-order valence-corrected chi connectivity index (χ0v) is 16.2. The Morgan fingerprint density at radius 1 is 1.11 bits per heavy atom. The Balaban J connectivity index is 1.42. The highest BCUT2D eigenvalue weighted by Crippen LogP contribution is 2.24. The van der Waals surface area contributed by atoms with Crippen LogP contribution in [0, 0.1) is 13.8 Å². The summed E-state index contributed by atoms with van der Waals surface area (Å²) in [6, 6.07) is 16.1. The van der Waals surface area contributed by atoms with Crippen LogP contribution in [0.3, 0.4) is 0 Å². The molecule has 2 heterocycles. The molecule has 0 bridgehead atoms. The highest BCUT2D eigenvalue weighted by molar-refractivity contribution is 6.06. The maximum atomic E-state index is 12.7. The summed E-state index contributed by atoms with van der Waals surface area (Å²) in [6.45, 7) is 5.43. The molecule has 0 saturated heterocycles. The number of fused-ring (bicyclic) bond motifs is 1. The molecule has 1 amide bonds. The number of rotatable bonds is 6. The average molecular weight is 372 g/mol. The van der Waals surface area contributed by atoms with E-state index in [9.17, 15) is 4.79 Å². The first-order valence-electron chi connectivity index (χ1n) is 9.53. The fourth-order valence-corrected chi connectivity index (χ4v) is 3.55. The lowest BCUT2D eigenvalue weighted by atomic mass is 10.1. The molecule has 5 nitrogen and oxygen atoms in total. The molecule has 0 unspecified atom stereocenters. The molecule has 142 valence electrons.